The summed E-state index contributed by atoms with van der Waals surface area (Å²) in [6, 6.07) is 12.5. The van der Waals surface area contributed by atoms with Gasteiger partial charge in [-0.25, -0.2) is 18.7 Å². The van der Waals surface area contributed by atoms with E-state index in [0.29, 0.717) is 17.9 Å². The van der Waals surface area contributed by atoms with Gasteiger partial charge in [0.2, 0.25) is 0 Å². The average molecular weight is 479 g/mol. The minimum Gasteiger partial charge on any atom is -0.494 e. The maximum absolute atomic E-state index is 13.4. The summed E-state index contributed by atoms with van der Waals surface area (Å²) >= 11 is 0. The highest BCUT2D eigenvalue weighted by atomic mass is 19.1. The lowest BCUT2D eigenvalue weighted by Gasteiger charge is -2.17. The number of ether oxygens (including phenoxy) is 1. The molecular weight excluding hydrogens is 451 g/mol. The summed E-state index contributed by atoms with van der Waals surface area (Å²) in [5, 5.41) is 8.29. The van der Waals surface area contributed by atoms with Crippen molar-refractivity contribution < 1.29 is 9.13 Å². The Bertz CT molecular complexity index is 1430. The molecule has 0 saturated carbocycles. The SMILES string of the molecule is CCN(CC)CCCOc1ccc(-c2nnc3c(n2)c(=O)n(C)c(=O)n3-c2ccc(F)cc2)cc1. The van der Waals surface area contributed by atoms with Crippen LogP contribution >= 0.6 is 0 Å². The van der Waals surface area contributed by atoms with Crippen LogP contribution in [0, 0.1) is 5.82 Å². The van der Waals surface area contributed by atoms with E-state index in [9.17, 15) is 14.0 Å². The fourth-order valence-electron chi connectivity index (χ4n) is 3.76. The number of hydrogen-bond acceptors (Lipinski definition) is 7. The summed E-state index contributed by atoms with van der Waals surface area (Å²) in [5.74, 6) is 0.522. The minimum absolute atomic E-state index is 0.00149. The first kappa shape index (κ1) is 24.2. The Morgan fingerprint density at radius 1 is 0.971 bits per heavy atom. The van der Waals surface area contributed by atoms with Crippen LogP contribution in [0.1, 0.15) is 20.3 Å². The van der Waals surface area contributed by atoms with E-state index in [1.165, 1.54) is 35.9 Å². The fraction of sp³-hybridized carbons (Fsp3) is 0.320. The Balaban J connectivity index is 1.61. The Hall–Kier alpha value is -3.92. The molecule has 0 bridgehead atoms. The van der Waals surface area contributed by atoms with Gasteiger partial charge in [0.15, 0.2) is 17.0 Å². The van der Waals surface area contributed by atoms with Gasteiger partial charge in [-0.05, 0) is 68.0 Å². The summed E-state index contributed by atoms with van der Waals surface area (Å²) in [6.07, 6.45) is 0.931. The van der Waals surface area contributed by atoms with Crippen molar-refractivity contribution in [2.75, 3.05) is 26.2 Å². The number of nitrogens with zero attached hydrogens (tertiary/aromatic N) is 6. The second-order valence-electron chi connectivity index (χ2n) is 8.02. The maximum atomic E-state index is 13.4. The maximum Gasteiger partial charge on any atom is 0.337 e. The van der Waals surface area contributed by atoms with Gasteiger partial charge < -0.3 is 9.64 Å². The smallest absolute Gasteiger partial charge is 0.337 e. The molecular formula is C25H27FN6O3. The highest BCUT2D eigenvalue weighted by Crippen LogP contribution is 2.20. The van der Waals surface area contributed by atoms with Gasteiger partial charge in [0.05, 0.1) is 12.3 Å². The van der Waals surface area contributed by atoms with Crippen molar-refractivity contribution in [2.45, 2.75) is 20.3 Å². The van der Waals surface area contributed by atoms with Gasteiger partial charge in [0, 0.05) is 19.2 Å². The largest absolute Gasteiger partial charge is 0.494 e. The molecule has 0 unspecified atom stereocenters. The van der Waals surface area contributed by atoms with E-state index in [1.54, 1.807) is 12.1 Å². The van der Waals surface area contributed by atoms with Gasteiger partial charge >= 0.3 is 5.69 Å². The van der Waals surface area contributed by atoms with Crippen LogP contribution in [0.3, 0.4) is 0 Å². The molecule has 2 aromatic heterocycles. The van der Waals surface area contributed by atoms with Crippen molar-refractivity contribution in [1.29, 1.82) is 0 Å². The predicted octanol–water partition coefficient (Wildman–Crippen LogP) is 2.79. The Labute approximate surface area is 201 Å². The summed E-state index contributed by atoms with van der Waals surface area (Å²) in [5.41, 5.74) is -0.229. The van der Waals surface area contributed by atoms with Crippen LogP contribution in [0.5, 0.6) is 5.75 Å². The van der Waals surface area contributed by atoms with Crippen molar-refractivity contribution in [3.8, 4) is 22.8 Å². The van der Waals surface area contributed by atoms with E-state index in [1.807, 2.05) is 12.1 Å². The van der Waals surface area contributed by atoms with Gasteiger partial charge in [-0.1, -0.05) is 13.8 Å². The number of fused-ring (bicyclic) bond motifs is 1. The molecule has 0 aliphatic heterocycles. The van der Waals surface area contributed by atoms with Gasteiger partial charge in [-0.3, -0.25) is 9.36 Å². The van der Waals surface area contributed by atoms with E-state index < -0.39 is 17.1 Å². The molecule has 35 heavy (non-hydrogen) atoms. The second kappa shape index (κ2) is 10.6. The van der Waals surface area contributed by atoms with Gasteiger partial charge in [-0.2, -0.15) is 0 Å². The molecule has 2 heterocycles. The van der Waals surface area contributed by atoms with E-state index in [-0.39, 0.29) is 17.0 Å². The molecule has 182 valence electrons. The highest BCUT2D eigenvalue weighted by Gasteiger charge is 2.17. The van der Waals surface area contributed by atoms with E-state index >= 15 is 0 Å². The highest BCUT2D eigenvalue weighted by molar-refractivity contribution is 5.73. The number of hydrogen-bond donors (Lipinski definition) is 0. The van der Waals surface area contributed by atoms with Crippen molar-refractivity contribution >= 4 is 11.2 Å². The van der Waals surface area contributed by atoms with Crippen LogP contribution in [0.4, 0.5) is 4.39 Å². The lowest BCUT2D eigenvalue weighted by molar-refractivity contribution is 0.249. The van der Waals surface area contributed by atoms with Crippen LogP contribution < -0.4 is 16.0 Å². The Morgan fingerprint density at radius 3 is 2.31 bits per heavy atom. The van der Waals surface area contributed by atoms with Crippen molar-refractivity contribution in [3.05, 3.63) is 75.2 Å². The zero-order valence-electron chi connectivity index (χ0n) is 19.9. The Kier molecular flexibility index (Phi) is 7.31. The van der Waals surface area contributed by atoms with Crippen molar-refractivity contribution in [1.82, 2.24) is 29.2 Å². The normalized spacial score (nSPS) is 11.3. The van der Waals surface area contributed by atoms with Crippen LogP contribution in [0.15, 0.2) is 58.1 Å². The summed E-state index contributed by atoms with van der Waals surface area (Å²) < 4.78 is 21.3. The fourth-order valence-corrected chi connectivity index (χ4v) is 3.76. The zero-order valence-corrected chi connectivity index (χ0v) is 19.9. The van der Waals surface area contributed by atoms with Crippen LogP contribution in [0.2, 0.25) is 0 Å². The number of rotatable bonds is 9. The molecule has 0 atom stereocenters. The van der Waals surface area contributed by atoms with Crippen LogP contribution in [-0.4, -0.2) is 55.5 Å². The minimum atomic E-state index is -0.625. The molecule has 9 nitrogen and oxygen atoms in total. The molecule has 2 aromatic carbocycles. The second-order valence-corrected chi connectivity index (χ2v) is 8.02. The van der Waals surface area contributed by atoms with Gasteiger partial charge in [0.25, 0.3) is 5.56 Å². The van der Waals surface area contributed by atoms with Crippen LogP contribution in [-0.2, 0) is 7.05 Å². The third-order valence-corrected chi connectivity index (χ3v) is 5.85. The number of halogens is 1. The van der Waals surface area contributed by atoms with Gasteiger partial charge in [-0.15, -0.1) is 10.2 Å². The predicted molar refractivity (Wildman–Crippen MR) is 131 cm³/mol. The molecule has 0 aliphatic carbocycles. The molecule has 4 aromatic rings. The van der Waals surface area contributed by atoms with Crippen molar-refractivity contribution in [2.24, 2.45) is 7.05 Å². The molecule has 0 radical (unpaired) electrons. The summed E-state index contributed by atoms with van der Waals surface area (Å²) in [4.78, 5) is 32.3. The first-order valence-corrected chi connectivity index (χ1v) is 11.5. The molecule has 10 heteroatoms. The third kappa shape index (κ3) is 5.12. The molecule has 0 amide bonds. The summed E-state index contributed by atoms with van der Waals surface area (Å²) in [6.45, 7) is 7.93. The standard InChI is InChI=1S/C25H27FN6O3/c1-4-31(5-2)15-6-16-35-20-13-7-17(8-14-20)22-27-21-23(29-28-22)32(25(34)30(3)24(21)33)19-11-9-18(26)10-12-19/h7-14H,4-6,15-16H2,1-3H3. The summed E-state index contributed by atoms with van der Waals surface area (Å²) in [7, 11) is 1.36. The quantitative estimate of drug-likeness (QED) is 0.342. The van der Waals surface area contributed by atoms with Crippen LogP contribution in [0.25, 0.3) is 28.2 Å². The molecule has 0 fully saturated rings. The first-order chi connectivity index (χ1) is 16.9. The first-order valence-electron chi connectivity index (χ1n) is 11.5. The van der Waals surface area contributed by atoms with E-state index in [4.69, 9.17) is 4.74 Å². The monoisotopic (exact) mass is 478 g/mol. The van der Waals surface area contributed by atoms with Gasteiger partial charge in [0.1, 0.15) is 11.6 Å². The third-order valence-electron chi connectivity index (χ3n) is 5.85. The number of aromatic nitrogens is 5. The molecule has 0 N–H and O–H groups in total. The number of benzene rings is 2. The van der Waals surface area contributed by atoms with E-state index in [0.717, 1.165) is 36.4 Å². The molecule has 0 spiro atoms. The molecule has 0 aliphatic rings. The Morgan fingerprint density at radius 2 is 1.66 bits per heavy atom. The zero-order chi connectivity index (χ0) is 24.9. The molecule has 0 saturated heterocycles. The lowest BCUT2D eigenvalue weighted by atomic mass is 10.2. The van der Waals surface area contributed by atoms with E-state index in [2.05, 4.69) is 33.9 Å². The average Bonchev–Trinajstić information content (AvgIpc) is 2.89. The van der Waals surface area contributed by atoms with Crippen molar-refractivity contribution in [3.63, 3.8) is 0 Å². The lowest BCUT2D eigenvalue weighted by Crippen LogP contribution is -2.38. The topological polar surface area (TPSA) is 95.1 Å². The molecule has 4 rings (SSSR count).